The van der Waals surface area contributed by atoms with Crippen LogP contribution in [0.25, 0.3) is 0 Å². The standard InChI is InChI=1S/C25H21NO5S/c1-3-20-23(28)26-21(19(14-30-16(2)27)15-32-24(20)26)25(29)31-22(17-10-6-4-7-11-17)18-12-8-5-9-13-18/h4-13,22,24H,1,14-15H2,2H3/t24-/m1/s1. The van der Waals surface area contributed by atoms with Crippen molar-refractivity contribution in [2.75, 3.05) is 12.4 Å². The molecule has 1 amide bonds. The van der Waals surface area contributed by atoms with Crippen LogP contribution in [0.5, 0.6) is 0 Å². The lowest BCUT2D eigenvalue weighted by atomic mass is 10.0. The van der Waals surface area contributed by atoms with E-state index in [9.17, 15) is 14.4 Å². The molecule has 7 heteroatoms. The monoisotopic (exact) mass is 447 g/mol. The smallest absolute Gasteiger partial charge is 0.356 e. The molecule has 1 atom stereocenters. The Morgan fingerprint density at radius 1 is 1.12 bits per heavy atom. The van der Waals surface area contributed by atoms with Crippen LogP contribution in [-0.4, -0.2) is 40.5 Å². The summed E-state index contributed by atoms with van der Waals surface area (Å²) in [4.78, 5) is 38.9. The Morgan fingerprint density at radius 3 is 2.25 bits per heavy atom. The highest BCUT2D eigenvalue weighted by molar-refractivity contribution is 8.00. The quantitative estimate of drug-likeness (QED) is 0.291. The largest absolute Gasteiger partial charge is 0.461 e. The molecule has 0 spiro atoms. The maximum atomic E-state index is 13.5. The van der Waals surface area contributed by atoms with Crippen LogP contribution >= 0.6 is 11.8 Å². The van der Waals surface area contributed by atoms with E-state index in [1.54, 1.807) is 0 Å². The number of carbonyl (C=O) groups is 3. The van der Waals surface area contributed by atoms with Crippen LogP contribution < -0.4 is 0 Å². The van der Waals surface area contributed by atoms with E-state index in [0.29, 0.717) is 16.9 Å². The number of β-lactam (4-membered cyclic amide) rings is 1. The zero-order valence-electron chi connectivity index (χ0n) is 17.4. The minimum absolute atomic E-state index is 0.0856. The van der Waals surface area contributed by atoms with Crippen molar-refractivity contribution in [3.8, 4) is 0 Å². The van der Waals surface area contributed by atoms with Gasteiger partial charge in [-0.05, 0) is 11.1 Å². The maximum absolute atomic E-state index is 13.5. The molecule has 0 aliphatic carbocycles. The van der Waals surface area contributed by atoms with Crippen molar-refractivity contribution < 1.29 is 23.9 Å². The molecular weight excluding hydrogens is 426 g/mol. The molecule has 32 heavy (non-hydrogen) atoms. The Labute approximate surface area is 190 Å². The van der Waals surface area contributed by atoms with Crippen molar-refractivity contribution in [1.82, 2.24) is 4.90 Å². The van der Waals surface area contributed by atoms with Crippen LogP contribution in [0.3, 0.4) is 0 Å². The first-order valence-electron chi connectivity index (χ1n) is 10.0. The molecule has 4 rings (SSSR count). The summed E-state index contributed by atoms with van der Waals surface area (Å²) >= 11 is 1.45. The summed E-state index contributed by atoms with van der Waals surface area (Å²) in [6.45, 7) is 4.79. The SMILES string of the molecule is C=C=C1C(=O)N2C(C(=O)OC(c3ccccc3)c3ccccc3)=C(COC(C)=O)CS[C@H]12. The molecule has 2 aromatic carbocycles. The number of hydrogen-bond donors (Lipinski definition) is 0. The molecule has 2 heterocycles. The molecule has 0 N–H and O–H groups in total. The van der Waals surface area contributed by atoms with E-state index < -0.39 is 18.0 Å². The van der Waals surface area contributed by atoms with E-state index in [0.717, 1.165) is 11.1 Å². The van der Waals surface area contributed by atoms with Gasteiger partial charge in [-0.15, -0.1) is 17.5 Å². The Kier molecular flexibility index (Phi) is 6.30. The van der Waals surface area contributed by atoms with Gasteiger partial charge in [0, 0.05) is 18.2 Å². The number of fused-ring (bicyclic) bond motifs is 1. The Bertz CT molecular complexity index is 1100. The van der Waals surface area contributed by atoms with Crippen molar-refractivity contribution in [3.63, 3.8) is 0 Å². The third-order valence-corrected chi connectivity index (χ3v) is 6.46. The molecule has 2 aliphatic rings. The van der Waals surface area contributed by atoms with Gasteiger partial charge in [0.15, 0.2) is 6.10 Å². The van der Waals surface area contributed by atoms with Gasteiger partial charge in [-0.2, -0.15) is 0 Å². The minimum atomic E-state index is -0.661. The number of amides is 1. The van der Waals surface area contributed by atoms with E-state index >= 15 is 0 Å². The van der Waals surface area contributed by atoms with Crippen LogP contribution in [0.4, 0.5) is 0 Å². The van der Waals surface area contributed by atoms with Gasteiger partial charge < -0.3 is 9.47 Å². The summed E-state index contributed by atoms with van der Waals surface area (Å²) in [7, 11) is 0. The highest BCUT2D eigenvalue weighted by atomic mass is 32.2. The van der Waals surface area contributed by atoms with Gasteiger partial charge in [-0.25, -0.2) is 4.79 Å². The van der Waals surface area contributed by atoms with Crippen molar-refractivity contribution in [1.29, 1.82) is 0 Å². The van der Waals surface area contributed by atoms with E-state index in [-0.39, 0.29) is 23.6 Å². The molecular formula is C25H21NO5S. The minimum Gasteiger partial charge on any atom is -0.461 e. The second-order valence-corrected chi connectivity index (χ2v) is 8.34. The lowest BCUT2D eigenvalue weighted by Gasteiger charge is -2.45. The fourth-order valence-electron chi connectivity index (χ4n) is 3.65. The summed E-state index contributed by atoms with van der Waals surface area (Å²) in [6, 6.07) is 18.8. The lowest BCUT2D eigenvalue weighted by molar-refractivity contribution is -0.149. The summed E-state index contributed by atoms with van der Waals surface area (Å²) < 4.78 is 11.1. The number of rotatable bonds is 6. The molecule has 0 radical (unpaired) electrons. The maximum Gasteiger partial charge on any atom is 0.356 e. The number of ether oxygens (including phenoxy) is 2. The first-order chi connectivity index (χ1) is 15.5. The zero-order chi connectivity index (χ0) is 22.7. The van der Waals surface area contributed by atoms with Crippen molar-refractivity contribution in [2.24, 2.45) is 0 Å². The van der Waals surface area contributed by atoms with Gasteiger partial charge in [0.05, 0.1) is 5.57 Å². The van der Waals surface area contributed by atoms with Gasteiger partial charge in [-0.3, -0.25) is 14.5 Å². The molecule has 1 fully saturated rings. The average Bonchev–Trinajstić information content (AvgIpc) is 2.81. The predicted octanol–water partition coefficient (Wildman–Crippen LogP) is 3.76. The molecule has 162 valence electrons. The van der Waals surface area contributed by atoms with Gasteiger partial charge >= 0.3 is 11.9 Å². The van der Waals surface area contributed by atoms with Gasteiger partial charge in [0.1, 0.15) is 17.7 Å². The Morgan fingerprint density at radius 2 is 1.72 bits per heavy atom. The van der Waals surface area contributed by atoms with Crippen molar-refractivity contribution in [2.45, 2.75) is 18.4 Å². The number of nitrogens with zero attached hydrogens (tertiary/aromatic N) is 1. The van der Waals surface area contributed by atoms with Crippen LogP contribution in [0.1, 0.15) is 24.2 Å². The third-order valence-electron chi connectivity index (χ3n) is 5.18. The summed E-state index contributed by atoms with van der Waals surface area (Å²) in [6.07, 6.45) is -0.661. The summed E-state index contributed by atoms with van der Waals surface area (Å²) in [5, 5.41) is -0.351. The second-order valence-electron chi connectivity index (χ2n) is 7.27. The number of esters is 2. The molecule has 2 aliphatic heterocycles. The third kappa shape index (κ3) is 4.13. The number of hydrogen-bond acceptors (Lipinski definition) is 6. The number of carbonyl (C=O) groups excluding carboxylic acids is 3. The molecule has 0 saturated carbocycles. The highest BCUT2D eigenvalue weighted by Gasteiger charge is 2.50. The predicted molar refractivity (Wildman–Crippen MR) is 120 cm³/mol. The fourth-order valence-corrected chi connectivity index (χ4v) is 4.93. The fraction of sp³-hybridized carbons (Fsp3) is 0.200. The summed E-state index contributed by atoms with van der Waals surface area (Å²) in [5.74, 6) is -1.05. The van der Waals surface area contributed by atoms with E-state index in [1.165, 1.54) is 23.6 Å². The van der Waals surface area contributed by atoms with Crippen LogP contribution in [-0.2, 0) is 23.9 Å². The molecule has 0 aromatic heterocycles. The molecule has 0 unspecified atom stereocenters. The highest BCUT2D eigenvalue weighted by Crippen LogP contribution is 2.44. The molecule has 0 bridgehead atoms. The molecule has 2 aromatic rings. The van der Waals surface area contributed by atoms with E-state index in [4.69, 9.17) is 9.47 Å². The van der Waals surface area contributed by atoms with Crippen molar-refractivity contribution >= 4 is 29.6 Å². The lowest BCUT2D eigenvalue weighted by Crippen LogP contribution is -2.56. The van der Waals surface area contributed by atoms with Crippen LogP contribution in [0, 0.1) is 0 Å². The van der Waals surface area contributed by atoms with Crippen molar-refractivity contribution in [3.05, 3.63) is 101 Å². The first kappa shape index (κ1) is 21.7. The zero-order valence-corrected chi connectivity index (χ0v) is 18.3. The molecule has 1 saturated heterocycles. The summed E-state index contributed by atoms with van der Waals surface area (Å²) in [5.41, 5.74) is 5.35. The Balaban J connectivity index is 1.70. The van der Waals surface area contributed by atoms with Gasteiger partial charge in [0.25, 0.3) is 5.91 Å². The average molecular weight is 448 g/mol. The van der Waals surface area contributed by atoms with E-state index in [1.807, 2.05) is 60.7 Å². The van der Waals surface area contributed by atoms with Gasteiger partial charge in [-0.1, -0.05) is 67.2 Å². The second kappa shape index (κ2) is 9.30. The van der Waals surface area contributed by atoms with E-state index in [2.05, 4.69) is 12.3 Å². The normalized spacial score (nSPS) is 17.4. The number of benzene rings is 2. The van der Waals surface area contributed by atoms with Crippen LogP contribution in [0.15, 0.2) is 89.8 Å². The van der Waals surface area contributed by atoms with Crippen LogP contribution in [0.2, 0.25) is 0 Å². The molecule has 6 nitrogen and oxygen atoms in total. The Hall–Kier alpha value is -3.54. The number of thioether (sulfide) groups is 1. The van der Waals surface area contributed by atoms with Gasteiger partial charge in [0.2, 0.25) is 0 Å². The first-order valence-corrected chi connectivity index (χ1v) is 11.1. The topological polar surface area (TPSA) is 72.9 Å².